The van der Waals surface area contributed by atoms with Gasteiger partial charge in [-0.25, -0.2) is 0 Å². The molecule has 0 heterocycles. The summed E-state index contributed by atoms with van der Waals surface area (Å²) in [4.78, 5) is 24.9. The smallest absolute Gasteiger partial charge is 0.259 e. The van der Waals surface area contributed by atoms with Crippen LogP contribution in [0.2, 0.25) is 0 Å². The molecule has 2 amide bonds. The molecule has 0 spiro atoms. The molecule has 0 atom stereocenters. The lowest BCUT2D eigenvalue weighted by molar-refractivity contribution is -0.123. The monoisotopic (exact) mass is 376 g/mol. The number of aryl methyl sites for hydroxylation is 1. The summed E-state index contributed by atoms with van der Waals surface area (Å²) in [6.45, 7) is 5.60. The van der Waals surface area contributed by atoms with Crippen LogP contribution in [-0.2, 0) is 4.79 Å². The molecule has 0 saturated heterocycles. The van der Waals surface area contributed by atoms with E-state index in [4.69, 9.17) is 4.74 Å². The Morgan fingerprint density at radius 3 is 2.25 bits per heavy atom. The minimum Gasteiger partial charge on any atom is -0.483 e. The van der Waals surface area contributed by atoms with Crippen molar-refractivity contribution in [3.05, 3.63) is 71.8 Å². The lowest BCUT2D eigenvalue weighted by Gasteiger charge is -2.14. The van der Waals surface area contributed by atoms with Gasteiger partial charge in [-0.2, -0.15) is 0 Å². The summed E-state index contributed by atoms with van der Waals surface area (Å²) in [5.41, 5.74) is 2.20. The number of nitrogens with one attached hydrogen (secondary N) is 2. The van der Waals surface area contributed by atoms with Crippen molar-refractivity contribution in [1.82, 2.24) is 5.32 Å². The Morgan fingerprint density at radius 2 is 1.61 bits per heavy atom. The molecule has 3 aromatic carbocycles. The Hall–Kier alpha value is -3.34. The molecule has 0 aliphatic rings. The molecule has 5 nitrogen and oxygen atoms in total. The Morgan fingerprint density at radius 1 is 0.964 bits per heavy atom. The standard InChI is InChI=1S/C23H24N2O3/c1-15(2)24-22(26)14-28-21-13-18-7-5-4-6-17(18)12-20(21)23(27)25-19-10-8-16(3)9-11-19/h4-13,15H,14H2,1-3H3,(H,24,26)(H,25,27). The summed E-state index contributed by atoms with van der Waals surface area (Å²) in [7, 11) is 0. The highest BCUT2D eigenvalue weighted by atomic mass is 16.5. The summed E-state index contributed by atoms with van der Waals surface area (Å²) in [5, 5.41) is 7.54. The summed E-state index contributed by atoms with van der Waals surface area (Å²) in [6.07, 6.45) is 0. The molecule has 144 valence electrons. The molecule has 0 unspecified atom stereocenters. The molecule has 2 N–H and O–H groups in total. The van der Waals surface area contributed by atoms with Crippen LogP contribution in [0.4, 0.5) is 5.69 Å². The first kappa shape index (κ1) is 19.4. The third-order valence-corrected chi connectivity index (χ3v) is 4.21. The molecule has 3 aromatic rings. The van der Waals surface area contributed by atoms with Crippen LogP contribution < -0.4 is 15.4 Å². The van der Waals surface area contributed by atoms with Gasteiger partial charge in [0, 0.05) is 11.7 Å². The van der Waals surface area contributed by atoms with E-state index in [0.717, 1.165) is 16.3 Å². The first-order valence-electron chi connectivity index (χ1n) is 9.25. The lowest BCUT2D eigenvalue weighted by Crippen LogP contribution is -2.34. The average molecular weight is 376 g/mol. The van der Waals surface area contributed by atoms with Gasteiger partial charge in [0.25, 0.3) is 11.8 Å². The maximum absolute atomic E-state index is 12.9. The van der Waals surface area contributed by atoms with Crippen molar-refractivity contribution in [3.8, 4) is 5.75 Å². The zero-order chi connectivity index (χ0) is 20.1. The molecular formula is C23H24N2O3. The van der Waals surface area contributed by atoms with Gasteiger partial charge in [-0.1, -0.05) is 42.0 Å². The van der Waals surface area contributed by atoms with Gasteiger partial charge in [0.15, 0.2) is 6.61 Å². The highest BCUT2D eigenvalue weighted by Gasteiger charge is 2.16. The number of anilines is 1. The van der Waals surface area contributed by atoms with E-state index in [-0.39, 0.29) is 24.5 Å². The molecule has 0 aliphatic carbocycles. The van der Waals surface area contributed by atoms with Gasteiger partial charge in [0.2, 0.25) is 0 Å². The first-order valence-corrected chi connectivity index (χ1v) is 9.25. The average Bonchev–Trinajstić information content (AvgIpc) is 2.67. The van der Waals surface area contributed by atoms with E-state index in [2.05, 4.69) is 10.6 Å². The number of carbonyl (C=O) groups excluding carboxylic acids is 2. The van der Waals surface area contributed by atoms with Crippen LogP contribution in [0.3, 0.4) is 0 Å². The molecular weight excluding hydrogens is 352 g/mol. The number of carbonyl (C=O) groups is 2. The van der Waals surface area contributed by atoms with E-state index in [1.165, 1.54) is 0 Å². The Bertz CT molecular complexity index is 994. The van der Waals surface area contributed by atoms with E-state index in [1.807, 2.05) is 69.3 Å². The summed E-state index contributed by atoms with van der Waals surface area (Å²) in [5.74, 6) is -0.135. The fourth-order valence-corrected chi connectivity index (χ4v) is 2.86. The van der Waals surface area contributed by atoms with Crippen molar-refractivity contribution < 1.29 is 14.3 Å². The Labute approximate surface area is 164 Å². The van der Waals surface area contributed by atoms with Crippen LogP contribution in [0.15, 0.2) is 60.7 Å². The fraction of sp³-hybridized carbons (Fsp3) is 0.217. The van der Waals surface area contributed by atoms with Crippen LogP contribution in [0.5, 0.6) is 5.75 Å². The van der Waals surface area contributed by atoms with Crippen LogP contribution in [0.25, 0.3) is 10.8 Å². The van der Waals surface area contributed by atoms with Crippen molar-refractivity contribution in [2.24, 2.45) is 0 Å². The first-order chi connectivity index (χ1) is 13.4. The number of ether oxygens (including phenoxy) is 1. The molecule has 5 heteroatoms. The maximum atomic E-state index is 12.9. The summed E-state index contributed by atoms with van der Waals surface area (Å²) >= 11 is 0. The van der Waals surface area contributed by atoms with Gasteiger partial charge in [0.1, 0.15) is 5.75 Å². The quantitative estimate of drug-likeness (QED) is 0.674. The second kappa shape index (κ2) is 8.57. The van der Waals surface area contributed by atoms with Crippen LogP contribution >= 0.6 is 0 Å². The van der Waals surface area contributed by atoms with Gasteiger partial charge >= 0.3 is 0 Å². The molecule has 0 radical (unpaired) electrons. The predicted octanol–water partition coefficient (Wildman–Crippen LogP) is 4.30. The van der Waals surface area contributed by atoms with E-state index >= 15 is 0 Å². The Kier molecular flexibility index (Phi) is 5.94. The van der Waals surface area contributed by atoms with Crippen molar-refractivity contribution in [1.29, 1.82) is 0 Å². The van der Waals surface area contributed by atoms with Crippen molar-refractivity contribution >= 4 is 28.3 Å². The molecule has 3 rings (SSSR count). The van der Waals surface area contributed by atoms with Gasteiger partial charge in [-0.3, -0.25) is 9.59 Å². The van der Waals surface area contributed by atoms with Crippen LogP contribution in [0, 0.1) is 6.92 Å². The van der Waals surface area contributed by atoms with Crippen LogP contribution in [-0.4, -0.2) is 24.5 Å². The van der Waals surface area contributed by atoms with Crippen molar-refractivity contribution in [2.45, 2.75) is 26.8 Å². The van der Waals surface area contributed by atoms with Crippen molar-refractivity contribution in [2.75, 3.05) is 11.9 Å². The number of hydrogen-bond donors (Lipinski definition) is 2. The maximum Gasteiger partial charge on any atom is 0.259 e. The van der Waals surface area contributed by atoms with Gasteiger partial charge in [-0.05, 0) is 55.8 Å². The highest BCUT2D eigenvalue weighted by Crippen LogP contribution is 2.27. The third kappa shape index (κ3) is 4.88. The highest BCUT2D eigenvalue weighted by molar-refractivity contribution is 6.08. The number of amides is 2. The topological polar surface area (TPSA) is 67.4 Å². The summed E-state index contributed by atoms with van der Waals surface area (Å²) in [6, 6.07) is 18.9. The number of benzene rings is 3. The molecule has 0 fully saturated rings. The zero-order valence-electron chi connectivity index (χ0n) is 16.3. The Balaban J connectivity index is 1.88. The number of fused-ring (bicyclic) bond motifs is 1. The molecule has 0 bridgehead atoms. The molecule has 28 heavy (non-hydrogen) atoms. The van der Waals surface area contributed by atoms with Gasteiger partial charge < -0.3 is 15.4 Å². The normalized spacial score (nSPS) is 10.7. The van der Waals surface area contributed by atoms with Crippen LogP contribution in [0.1, 0.15) is 29.8 Å². The van der Waals surface area contributed by atoms with Gasteiger partial charge in [0.05, 0.1) is 5.56 Å². The second-order valence-corrected chi connectivity index (χ2v) is 7.03. The molecule has 0 aliphatic heterocycles. The molecule has 0 aromatic heterocycles. The molecule has 0 saturated carbocycles. The lowest BCUT2D eigenvalue weighted by atomic mass is 10.1. The van der Waals surface area contributed by atoms with Crippen molar-refractivity contribution in [3.63, 3.8) is 0 Å². The largest absolute Gasteiger partial charge is 0.483 e. The second-order valence-electron chi connectivity index (χ2n) is 7.03. The number of hydrogen-bond acceptors (Lipinski definition) is 3. The predicted molar refractivity (Wildman–Crippen MR) is 112 cm³/mol. The minimum absolute atomic E-state index is 0.0250. The minimum atomic E-state index is -0.283. The van der Waals surface area contributed by atoms with E-state index in [9.17, 15) is 9.59 Å². The van der Waals surface area contributed by atoms with E-state index in [0.29, 0.717) is 17.0 Å². The number of rotatable bonds is 6. The summed E-state index contributed by atoms with van der Waals surface area (Å²) < 4.78 is 5.71. The van der Waals surface area contributed by atoms with Gasteiger partial charge in [-0.15, -0.1) is 0 Å². The SMILES string of the molecule is Cc1ccc(NC(=O)c2cc3ccccc3cc2OCC(=O)NC(C)C)cc1. The van der Waals surface area contributed by atoms with E-state index < -0.39 is 0 Å². The third-order valence-electron chi connectivity index (χ3n) is 4.21. The zero-order valence-corrected chi connectivity index (χ0v) is 16.3. The fourth-order valence-electron chi connectivity index (χ4n) is 2.86. The van der Waals surface area contributed by atoms with E-state index in [1.54, 1.807) is 12.1 Å².